The average molecular weight is 275 g/mol. The Hall–Kier alpha value is -0.650. The zero-order valence-corrected chi connectivity index (χ0v) is 11.2. The number of hydrogen-bond acceptors (Lipinski definition) is 3. The van der Waals surface area contributed by atoms with E-state index in [-0.39, 0.29) is 5.03 Å². The Kier molecular flexibility index (Phi) is 3.70. The predicted molar refractivity (Wildman–Crippen MR) is 66.3 cm³/mol. The lowest BCUT2D eigenvalue weighted by Crippen LogP contribution is -2.29. The van der Waals surface area contributed by atoms with E-state index in [9.17, 15) is 8.42 Å². The largest absolute Gasteiger partial charge is 0.260 e. The second-order valence-electron chi connectivity index (χ2n) is 4.40. The molecule has 6 heteroatoms. The number of pyridine rings is 1. The van der Waals surface area contributed by atoms with Gasteiger partial charge in [0, 0.05) is 25.2 Å². The standard InChI is InChI=1S/C11H15ClN2O2S/c1-9-4-5-14(8-9)17(15,16)11-3-2-10(6-12)7-13-11/h2-3,7,9H,4-6,8H2,1H3. The molecule has 0 bridgehead atoms. The van der Waals surface area contributed by atoms with Crippen molar-refractivity contribution in [3.05, 3.63) is 23.9 Å². The number of sulfonamides is 1. The van der Waals surface area contributed by atoms with Gasteiger partial charge in [0.1, 0.15) is 0 Å². The Morgan fingerprint density at radius 1 is 1.53 bits per heavy atom. The highest BCUT2D eigenvalue weighted by Gasteiger charge is 2.31. The summed E-state index contributed by atoms with van der Waals surface area (Å²) in [5.41, 5.74) is 0.820. The SMILES string of the molecule is CC1CCN(S(=O)(=O)c2ccc(CCl)cn2)C1. The molecule has 17 heavy (non-hydrogen) atoms. The van der Waals surface area contributed by atoms with Crippen molar-refractivity contribution >= 4 is 21.6 Å². The molecule has 0 aliphatic carbocycles. The summed E-state index contributed by atoms with van der Waals surface area (Å²) in [7, 11) is -3.42. The lowest BCUT2D eigenvalue weighted by Gasteiger charge is -2.15. The summed E-state index contributed by atoms with van der Waals surface area (Å²) >= 11 is 5.64. The molecule has 1 aliphatic heterocycles. The minimum Gasteiger partial charge on any atom is -0.243 e. The first kappa shape index (κ1) is 12.8. The third-order valence-electron chi connectivity index (χ3n) is 2.94. The molecule has 1 fully saturated rings. The molecule has 94 valence electrons. The zero-order valence-electron chi connectivity index (χ0n) is 9.63. The number of alkyl halides is 1. The fourth-order valence-electron chi connectivity index (χ4n) is 1.89. The van der Waals surface area contributed by atoms with Crippen LogP contribution in [-0.4, -0.2) is 30.8 Å². The van der Waals surface area contributed by atoms with Crippen LogP contribution in [0.4, 0.5) is 0 Å². The van der Waals surface area contributed by atoms with E-state index in [1.54, 1.807) is 6.07 Å². The van der Waals surface area contributed by atoms with Gasteiger partial charge in [-0.05, 0) is 24.0 Å². The van der Waals surface area contributed by atoms with Gasteiger partial charge in [0.25, 0.3) is 10.0 Å². The molecule has 1 atom stereocenters. The molecule has 1 saturated heterocycles. The molecule has 0 amide bonds. The van der Waals surface area contributed by atoms with Crippen LogP contribution in [0.25, 0.3) is 0 Å². The van der Waals surface area contributed by atoms with Crippen molar-refractivity contribution in [2.45, 2.75) is 24.3 Å². The monoisotopic (exact) mass is 274 g/mol. The predicted octanol–water partition coefficient (Wildman–Crippen LogP) is 1.85. The van der Waals surface area contributed by atoms with E-state index in [1.807, 2.05) is 0 Å². The fourth-order valence-corrected chi connectivity index (χ4v) is 3.53. The summed E-state index contributed by atoms with van der Waals surface area (Å²) in [5, 5.41) is 0.112. The van der Waals surface area contributed by atoms with Crippen molar-refractivity contribution in [1.82, 2.24) is 9.29 Å². The van der Waals surface area contributed by atoms with Crippen molar-refractivity contribution < 1.29 is 8.42 Å². The van der Waals surface area contributed by atoms with Crippen molar-refractivity contribution in [1.29, 1.82) is 0 Å². The molecule has 1 aliphatic rings. The van der Waals surface area contributed by atoms with Crippen molar-refractivity contribution in [3.63, 3.8) is 0 Å². The Morgan fingerprint density at radius 3 is 2.76 bits per heavy atom. The van der Waals surface area contributed by atoms with Gasteiger partial charge >= 0.3 is 0 Å². The van der Waals surface area contributed by atoms with Crippen LogP contribution in [-0.2, 0) is 15.9 Å². The molecular weight excluding hydrogens is 260 g/mol. The molecular formula is C11H15ClN2O2S. The summed E-state index contributed by atoms with van der Waals surface area (Å²) in [5.74, 6) is 0.764. The summed E-state index contributed by atoms with van der Waals surface area (Å²) in [4.78, 5) is 3.98. The van der Waals surface area contributed by atoms with Gasteiger partial charge in [-0.1, -0.05) is 13.0 Å². The van der Waals surface area contributed by atoms with Crippen LogP contribution < -0.4 is 0 Å². The van der Waals surface area contributed by atoms with Gasteiger partial charge in [-0.25, -0.2) is 13.4 Å². The first-order valence-electron chi connectivity index (χ1n) is 5.55. The van der Waals surface area contributed by atoms with Crippen molar-refractivity contribution in [2.75, 3.05) is 13.1 Å². The van der Waals surface area contributed by atoms with E-state index in [0.29, 0.717) is 24.9 Å². The molecule has 1 aromatic rings. The maximum Gasteiger partial charge on any atom is 0.260 e. The van der Waals surface area contributed by atoms with Crippen molar-refractivity contribution in [3.8, 4) is 0 Å². The Bertz CT molecular complexity index is 487. The van der Waals surface area contributed by atoms with E-state index < -0.39 is 10.0 Å². The second kappa shape index (κ2) is 4.92. The highest BCUT2D eigenvalue weighted by Crippen LogP contribution is 2.22. The van der Waals surface area contributed by atoms with Gasteiger partial charge in [0.15, 0.2) is 5.03 Å². The number of hydrogen-bond donors (Lipinski definition) is 0. The third-order valence-corrected chi connectivity index (χ3v) is 5.03. The van der Waals surface area contributed by atoms with Crippen LogP contribution in [0, 0.1) is 5.92 Å². The van der Waals surface area contributed by atoms with E-state index in [4.69, 9.17) is 11.6 Å². The van der Waals surface area contributed by atoms with Crippen LogP contribution in [0.15, 0.2) is 23.4 Å². The van der Waals surface area contributed by atoms with Gasteiger partial charge in [0.05, 0.1) is 0 Å². The number of halogens is 1. The maximum absolute atomic E-state index is 12.2. The highest BCUT2D eigenvalue weighted by molar-refractivity contribution is 7.89. The highest BCUT2D eigenvalue weighted by atomic mass is 35.5. The summed E-state index contributed by atoms with van der Waals surface area (Å²) < 4.78 is 25.9. The molecule has 1 aromatic heterocycles. The third kappa shape index (κ3) is 2.61. The number of aromatic nitrogens is 1. The lowest BCUT2D eigenvalue weighted by molar-refractivity contribution is 0.461. The molecule has 0 aromatic carbocycles. The minimum absolute atomic E-state index is 0.112. The van der Waals surface area contributed by atoms with E-state index in [1.165, 1.54) is 16.6 Å². The van der Waals surface area contributed by atoms with Gasteiger partial charge < -0.3 is 0 Å². The molecule has 4 nitrogen and oxygen atoms in total. The summed E-state index contributed by atoms with van der Waals surface area (Å²) in [6.45, 7) is 3.23. The molecule has 0 N–H and O–H groups in total. The van der Waals surface area contributed by atoms with Crippen molar-refractivity contribution in [2.24, 2.45) is 5.92 Å². The Balaban J connectivity index is 2.25. The Labute approximate surface area is 107 Å². The molecule has 2 rings (SSSR count). The first-order valence-corrected chi connectivity index (χ1v) is 7.52. The van der Waals surface area contributed by atoms with Crippen LogP contribution in [0.1, 0.15) is 18.9 Å². The van der Waals surface area contributed by atoms with Crippen LogP contribution in [0.5, 0.6) is 0 Å². The zero-order chi connectivity index (χ0) is 12.5. The number of nitrogens with zero attached hydrogens (tertiary/aromatic N) is 2. The van der Waals surface area contributed by atoms with Gasteiger partial charge in [0.2, 0.25) is 0 Å². The van der Waals surface area contributed by atoms with Crippen LogP contribution >= 0.6 is 11.6 Å². The van der Waals surface area contributed by atoms with E-state index >= 15 is 0 Å². The average Bonchev–Trinajstić information content (AvgIpc) is 2.77. The quantitative estimate of drug-likeness (QED) is 0.791. The fraction of sp³-hybridized carbons (Fsp3) is 0.545. The maximum atomic E-state index is 12.2. The molecule has 1 unspecified atom stereocenters. The van der Waals surface area contributed by atoms with E-state index in [2.05, 4.69) is 11.9 Å². The molecule has 0 saturated carbocycles. The van der Waals surface area contributed by atoms with Crippen LogP contribution in [0.2, 0.25) is 0 Å². The topological polar surface area (TPSA) is 50.3 Å². The minimum atomic E-state index is -3.42. The molecule has 0 spiro atoms. The molecule has 0 radical (unpaired) electrons. The number of rotatable bonds is 3. The summed E-state index contributed by atoms with van der Waals surface area (Å²) in [6, 6.07) is 3.22. The van der Waals surface area contributed by atoms with Gasteiger partial charge in [-0.2, -0.15) is 4.31 Å². The van der Waals surface area contributed by atoms with Gasteiger partial charge in [-0.15, -0.1) is 11.6 Å². The second-order valence-corrected chi connectivity index (χ2v) is 6.55. The van der Waals surface area contributed by atoms with E-state index in [0.717, 1.165) is 12.0 Å². The Morgan fingerprint density at radius 2 is 2.29 bits per heavy atom. The lowest BCUT2D eigenvalue weighted by atomic mass is 10.2. The molecule has 2 heterocycles. The normalized spacial score (nSPS) is 21.9. The first-order chi connectivity index (χ1) is 8.04. The van der Waals surface area contributed by atoms with Gasteiger partial charge in [-0.3, -0.25) is 0 Å². The smallest absolute Gasteiger partial charge is 0.243 e. The van der Waals surface area contributed by atoms with Crippen LogP contribution in [0.3, 0.4) is 0 Å². The summed E-state index contributed by atoms with van der Waals surface area (Å²) in [6.07, 6.45) is 2.43.